The number of phenolic OH excluding ortho intramolecular Hbond substituents is 1. The van der Waals surface area contributed by atoms with Crippen molar-refractivity contribution < 1.29 is 5.11 Å². The fraction of sp³-hybridized carbons (Fsp3) is 0.375. The van der Waals surface area contributed by atoms with E-state index in [2.05, 4.69) is 43.3 Å². The fourth-order valence-electron chi connectivity index (χ4n) is 2.83. The third kappa shape index (κ3) is 3.35. The molecule has 2 aliphatic rings. The molecule has 5 heteroatoms. The highest BCUT2D eigenvalue weighted by Crippen LogP contribution is 2.39. The van der Waals surface area contributed by atoms with Gasteiger partial charge in [0.2, 0.25) is 0 Å². The summed E-state index contributed by atoms with van der Waals surface area (Å²) in [4.78, 5) is 0. The van der Waals surface area contributed by atoms with Crippen molar-refractivity contribution >= 4 is 31.9 Å². The lowest BCUT2D eigenvalue weighted by Gasteiger charge is -2.28. The Labute approximate surface area is 142 Å². The van der Waals surface area contributed by atoms with Gasteiger partial charge in [0.15, 0.2) is 0 Å². The van der Waals surface area contributed by atoms with E-state index in [1.165, 1.54) is 5.57 Å². The number of dihydropyridines is 1. The molecule has 21 heavy (non-hydrogen) atoms. The average molecular weight is 416 g/mol. The minimum atomic E-state index is -0.129. The first kappa shape index (κ1) is 16.6. The van der Waals surface area contributed by atoms with Gasteiger partial charge in [-0.25, -0.2) is 0 Å². The number of fused-ring (bicyclic) bond motifs is 2. The zero-order chi connectivity index (χ0) is 15.6. The number of phenols is 1. The summed E-state index contributed by atoms with van der Waals surface area (Å²) in [6, 6.07) is 3.52. The van der Waals surface area contributed by atoms with Crippen LogP contribution < -0.4 is 11.1 Å². The van der Waals surface area contributed by atoms with Crippen molar-refractivity contribution in [3.05, 3.63) is 50.1 Å². The van der Waals surface area contributed by atoms with Gasteiger partial charge in [-0.3, -0.25) is 0 Å². The number of hydrogen-bond acceptors (Lipinski definition) is 3. The number of nitrogens with one attached hydrogen (secondary N) is 1. The monoisotopic (exact) mass is 414 g/mol. The van der Waals surface area contributed by atoms with Crippen LogP contribution in [0.15, 0.2) is 38.9 Å². The van der Waals surface area contributed by atoms with Crippen molar-refractivity contribution in [3.63, 3.8) is 0 Å². The van der Waals surface area contributed by atoms with E-state index in [9.17, 15) is 5.11 Å². The molecular formula is C16H20Br2N2O. The molecule has 0 aromatic heterocycles. The Balaban J connectivity index is 0.000000774. The standard InChI is InChI=1S/C14H14Br2N2O.C2H6/c15-9-3-8-2-1-7-4-10(19)5-11(16)12(7)13(17)14(8)18-6-9;1-2/h3-6,13-14,18-19H,1-2,17H2;1-2H3. The van der Waals surface area contributed by atoms with Crippen LogP contribution in [0.3, 0.4) is 0 Å². The lowest BCUT2D eigenvalue weighted by atomic mass is 9.93. The van der Waals surface area contributed by atoms with Crippen molar-refractivity contribution in [2.75, 3.05) is 0 Å². The Kier molecular flexibility index (Phi) is 5.52. The molecule has 0 saturated heterocycles. The highest BCUT2D eigenvalue weighted by Gasteiger charge is 2.31. The van der Waals surface area contributed by atoms with E-state index in [0.29, 0.717) is 0 Å². The summed E-state index contributed by atoms with van der Waals surface area (Å²) < 4.78 is 1.92. The van der Waals surface area contributed by atoms with Gasteiger partial charge in [0.25, 0.3) is 0 Å². The Bertz CT molecular complexity index is 596. The Hall–Kier alpha value is -0.780. The smallest absolute Gasteiger partial charge is 0.116 e. The number of aromatic hydroxyl groups is 1. The van der Waals surface area contributed by atoms with Gasteiger partial charge in [0.05, 0.1) is 12.1 Å². The normalized spacial score (nSPS) is 23.3. The van der Waals surface area contributed by atoms with Crippen LogP contribution in [-0.4, -0.2) is 11.1 Å². The molecule has 1 aromatic carbocycles. The van der Waals surface area contributed by atoms with Crippen LogP contribution in [0.1, 0.15) is 37.4 Å². The van der Waals surface area contributed by atoms with Crippen molar-refractivity contribution in [1.82, 2.24) is 5.32 Å². The van der Waals surface area contributed by atoms with E-state index in [4.69, 9.17) is 5.73 Å². The first-order chi connectivity index (χ1) is 10.1. The van der Waals surface area contributed by atoms with Crippen molar-refractivity contribution in [1.29, 1.82) is 0 Å². The number of rotatable bonds is 0. The molecule has 2 unspecified atom stereocenters. The van der Waals surface area contributed by atoms with Gasteiger partial charge in [0.1, 0.15) is 5.75 Å². The van der Waals surface area contributed by atoms with Crippen molar-refractivity contribution in [3.8, 4) is 5.75 Å². The number of allylic oxidation sites excluding steroid dienone is 2. The molecule has 1 aliphatic carbocycles. The molecule has 1 aromatic rings. The van der Waals surface area contributed by atoms with Crippen LogP contribution in [0.2, 0.25) is 0 Å². The fourth-order valence-corrected chi connectivity index (χ4v) is 4.01. The summed E-state index contributed by atoms with van der Waals surface area (Å²) in [5.41, 5.74) is 9.94. The van der Waals surface area contributed by atoms with E-state index >= 15 is 0 Å². The molecule has 0 spiro atoms. The second-order valence-corrected chi connectivity index (χ2v) is 6.69. The number of halogens is 2. The maximum absolute atomic E-state index is 9.73. The molecule has 0 saturated carbocycles. The van der Waals surface area contributed by atoms with Crippen LogP contribution in [0.5, 0.6) is 5.75 Å². The highest BCUT2D eigenvalue weighted by atomic mass is 79.9. The molecule has 0 bridgehead atoms. The van der Waals surface area contributed by atoms with E-state index in [1.54, 1.807) is 6.07 Å². The van der Waals surface area contributed by atoms with Gasteiger partial charge in [-0.2, -0.15) is 0 Å². The summed E-state index contributed by atoms with van der Waals surface area (Å²) in [6.45, 7) is 4.00. The molecule has 2 atom stereocenters. The van der Waals surface area contributed by atoms with Crippen molar-refractivity contribution in [2.45, 2.75) is 38.8 Å². The lowest BCUT2D eigenvalue weighted by Crippen LogP contribution is -2.39. The van der Waals surface area contributed by atoms with E-state index in [0.717, 1.165) is 32.9 Å². The third-order valence-corrected chi connectivity index (χ3v) is 4.81. The molecule has 1 aliphatic heterocycles. The minimum Gasteiger partial charge on any atom is -0.508 e. The predicted octanol–water partition coefficient (Wildman–Crippen LogP) is 4.26. The molecule has 0 radical (unpaired) electrons. The maximum Gasteiger partial charge on any atom is 0.116 e. The van der Waals surface area contributed by atoms with Crippen LogP contribution in [0.25, 0.3) is 0 Å². The zero-order valence-electron chi connectivity index (χ0n) is 12.2. The van der Waals surface area contributed by atoms with E-state index in [1.807, 2.05) is 26.1 Å². The highest BCUT2D eigenvalue weighted by molar-refractivity contribution is 9.12. The summed E-state index contributed by atoms with van der Waals surface area (Å²) in [7, 11) is 0. The Morgan fingerprint density at radius 2 is 1.95 bits per heavy atom. The summed E-state index contributed by atoms with van der Waals surface area (Å²) in [6.07, 6.45) is 5.91. The summed E-state index contributed by atoms with van der Waals surface area (Å²) in [5, 5.41) is 13.1. The van der Waals surface area contributed by atoms with Crippen LogP contribution in [0.4, 0.5) is 0 Å². The molecule has 3 rings (SSSR count). The number of hydrogen-bond donors (Lipinski definition) is 3. The quantitative estimate of drug-likeness (QED) is 0.593. The SMILES string of the molecule is CC.NC1c2c(Br)cc(O)cc2CCC2=CC(Br)=CNC21. The van der Waals surface area contributed by atoms with E-state index < -0.39 is 0 Å². The van der Waals surface area contributed by atoms with Crippen molar-refractivity contribution in [2.24, 2.45) is 5.73 Å². The minimum absolute atomic E-state index is 0.114. The van der Waals surface area contributed by atoms with Crippen LogP contribution >= 0.6 is 31.9 Å². The van der Waals surface area contributed by atoms with Crippen LogP contribution in [-0.2, 0) is 6.42 Å². The molecular weight excluding hydrogens is 396 g/mol. The molecule has 1 heterocycles. The molecule has 0 fully saturated rings. The first-order valence-corrected chi connectivity index (χ1v) is 8.74. The summed E-state index contributed by atoms with van der Waals surface area (Å²) >= 11 is 7.01. The number of nitrogens with two attached hydrogens (primary N) is 1. The predicted molar refractivity (Wildman–Crippen MR) is 94.4 cm³/mol. The van der Waals surface area contributed by atoms with Gasteiger partial charge in [-0.15, -0.1) is 0 Å². The first-order valence-electron chi connectivity index (χ1n) is 7.15. The summed E-state index contributed by atoms with van der Waals surface area (Å²) in [5.74, 6) is 0.281. The largest absolute Gasteiger partial charge is 0.508 e. The molecule has 3 nitrogen and oxygen atoms in total. The molecule has 114 valence electrons. The van der Waals surface area contributed by atoms with Gasteiger partial charge in [0, 0.05) is 15.2 Å². The Morgan fingerprint density at radius 3 is 2.67 bits per heavy atom. The lowest BCUT2D eigenvalue weighted by molar-refractivity contribution is 0.473. The molecule has 0 amide bonds. The second kappa shape index (κ2) is 6.99. The van der Waals surface area contributed by atoms with Crippen LogP contribution in [0, 0.1) is 0 Å². The average Bonchev–Trinajstić information content (AvgIpc) is 2.58. The van der Waals surface area contributed by atoms with Gasteiger partial charge in [-0.05, 0) is 63.7 Å². The van der Waals surface area contributed by atoms with Gasteiger partial charge in [-0.1, -0.05) is 29.8 Å². The second-order valence-electron chi connectivity index (χ2n) is 4.92. The topological polar surface area (TPSA) is 58.3 Å². The molecule has 4 N–H and O–H groups in total. The number of aryl methyl sites for hydroxylation is 1. The van der Waals surface area contributed by atoms with Gasteiger partial charge < -0.3 is 16.2 Å². The third-order valence-electron chi connectivity index (χ3n) is 3.70. The van der Waals surface area contributed by atoms with Gasteiger partial charge >= 0.3 is 0 Å². The number of benzene rings is 1. The zero-order valence-corrected chi connectivity index (χ0v) is 15.3. The Morgan fingerprint density at radius 1 is 1.24 bits per heavy atom. The maximum atomic E-state index is 9.73. The van der Waals surface area contributed by atoms with E-state index in [-0.39, 0.29) is 17.8 Å².